The van der Waals surface area contributed by atoms with E-state index in [2.05, 4.69) is 30.7 Å². The van der Waals surface area contributed by atoms with Gasteiger partial charge in [0.25, 0.3) is 5.91 Å². The van der Waals surface area contributed by atoms with Gasteiger partial charge < -0.3 is 25.0 Å². The molecule has 2 aromatic carbocycles. The van der Waals surface area contributed by atoms with E-state index in [4.69, 9.17) is 9.47 Å². The van der Waals surface area contributed by atoms with Gasteiger partial charge in [-0.05, 0) is 88.6 Å². The van der Waals surface area contributed by atoms with Gasteiger partial charge in [-0.2, -0.15) is 10.2 Å². The number of para-hydroxylation sites is 1. The molecule has 2 aromatic heterocycles. The molecule has 1 aliphatic carbocycles. The molecule has 0 spiro atoms. The number of carbonyl (C=O) groups excluding carboxylic acids is 2. The standard InChI is InChI=1S/C34H38N6O4S/c1-34(2,3)44-33(42)35-18-22-8-7-17-40(20-22)30-26(38-31(41)27-21-45-32(39-27)24-15-16-36-37-19-24)13-14-28(29(30)23-11-12-23)43-25-9-5-4-6-10-25/h4-6,9-10,13-16,19,21-23H,7-8,11-12,17-18,20H2,1-3H3,(H,35,42)(H,38,41)/t22-/m0/s1. The summed E-state index contributed by atoms with van der Waals surface area (Å²) in [5.41, 5.74) is 3.42. The van der Waals surface area contributed by atoms with Crippen molar-refractivity contribution in [2.24, 2.45) is 5.92 Å². The van der Waals surface area contributed by atoms with Crippen LogP contribution >= 0.6 is 11.3 Å². The largest absolute Gasteiger partial charge is 0.457 e. The van der Waals surface area contributed by atoms with Crippen molar-refractivity contribution >= 4 is 34.7 Å². The van der Waals surface area contributed by atoms with Crippen LogP contribution in [-0.2, 0) is 4.74 Å². The lowest BCUT2D eigenvalue weighted by molar-refractivity contribution is 0.0517. The summed E-state index contributed by atoms with van der Waals surface area (Å²) in [6.07, 6.45) is 6.89. The third-order valence-electron chi connectivity index (χ3n) is 7.72. The first-order valence-corrected chi connectivity index (χ1v) is 16.3. The Kier molecular flexibility index (Phi) is 8.97. The molecule has 2 aliphatic rings. The van der Waals surface area contributed by atoms with Crippen LogP contribution in [0.2, 0.25) is 0 Å². The van der Waals surface area contributed by atoms with Gasteiger partial charge in [0.1, 0.15) is 27.8 Å². The quantitative estimate of drug-likeness (QED) is 0.199. The number of alkyl carbamates (subject to hydrolysis) is 1. The number of aromatic nitrogens is 3. The third-order valence-corrected chi connectivity index (χ3v) is 8.61. The maximum atomic E-state index is 13.6. The van der Waals surface area contributed by atoms with Gasteiger partial charge >= 0.3 is 6.09 Å². The SMILES string of the molecule is CC(C)(C)OC(=O)NC[C@@H]1CCCN(c2c(NC(=O)c3csc(-c4ccnnc4)n3)ccc(Oc3ccccc3)c2C2CC2)C1. The molecule has 10 nitrogen and oxygen atoms in total. The Morgan fingerprint density at radius 2 is 1.87 bits per heavy atom. The molecule has 0 unspecified atom stereocenters. The number of amides is 2. The number of ether oxygens (including phenoxy) is 2. The van der Waals surface area contributed by atoms with Crippen molar-refractivity contribution in [1.82, 2.24) is 20.5 Å². The van der Waals surface area contributed by atoms with E-state index in [1.54, 1.807) is 17.8 Å². The van der Waals surface area contributed by atoms with Crippen molar-refractivity contribution < 1.29 is 19.1 Å². The smallest absolute Gasteiger partial charge is 0.407 e. The van der Waals surface area contributed by atoms with Crippen LogP contribution < -0.4 is 20.3 Å². The van der Waals surface area contributed by atoms with Gasteiger partial charge in [0, 0.05) is 36.1 Å². The second-order valence-electron chi connectivity index (χ2n) is 12.5. The summed E-state index contributed by atoms with van der Waals surface area (Å²) in [4.78, 5) is 33.0. The number of hydrogen-bond donors (Lipinski definition) is 2. The molecule has 1 aliphatic heterocycles. The Hall–Kier alpha value is -4.51. The van der Waals surface area contributed by atoms with Crippen LogP contribution in [0.4, 0.5) is 16.2 Å². The summed E-state index contributed by atoms with van der Waals surface area (Å²) in [5.74, 6) is 1.84. The first-order valence-electron chi connectivity index (χ1n) is 15.4. The number of anilines is 2. The normalized spacial score (nSPS) is 16.6. The van der Waals surface area contributed by atoms with Crippen molar-refractivity contribution in [3.63, 3.8) is 0 Å². The van der Waals surface area contributed by atoms with E-state index in [1.807, 2.05) is 69.3 Å². The molecule has 6 rings (SSSR count). The van der Waals surface area contributed by atoms with Crippen molar-refractivity contribution in [1.29, 1.82) is 0 Å². The average Bonchev–Trinajstić information content (AvgIpc) is 3.75. The van der Waals surface area contributed by atoms with Crippen molar-refractivity contribution in [3.8, 4) is 22.1 Å². The lowest BCUT2D eigenvalue weighted by Gasteiger charge is -2.37. The van der Waals surface area contributed by atoms with Crippen molar-refractivity contribution in [2.45, 2.75) is 58.0 Å². The van der Waals surface area contributed by atoms with Gasteiger partial charge in [-0.3, -0.25) is 4.79 Å². The fourth-order valence-corrected chi connectivity index (χ4v) is 6.38. The van der Waals surface area contributed by atoms with E-state index >= 15 is 0 Å². The van der Waals surface area contributed by atoms with Gasteiger partial charge in [0.05, 0.1) is 23.8 Å². The second-order valence-corrected chi connectivity index (χ2v) is 13.4. The Morgan fingerprint density at radius 1 is 1.04 bits per heavy atom. The molecule has 11 heteroatoms. The number of carbonyl (C=O) groups is 2. The molecule has 2 fully saturated rings. The highest BCUT2D eigenvalue weighted by Gasteiger charge is 2.35. The van der Waals surface area contributed by atoms with Crippen molar-refractivity contribution in [3.05, 3.63) is 77.6 Å². The van der Waals surface area contributed by atoms with Crippen LogP contribution in [0.25, 0.3) is 10.6 Å². The summed E-state index contributed by atoms with van der Waals surface area (Å²) < 4.78 is 11.9. The lowest BCUT2D eigenvalue weighted by atomic mass is 9.95. The molecule has 0 bridgehead atoms. The van der Waals surface area contributed by atoms with Crippen LogP contribution in [0.1, 0.15) is 68.4 Å². The molecule has 3 heterocycles. The topological polar surface area (TPSA) is 119 Å². The Labute approximate surface area is 267 Å². The molecule has 45 heavy (non-hydrogen) atoms. The van der Waals surface area contributed by atoms with E-state index in [1.165, 1.54) is 11.3 Å². The molecule has 2 amide bonds. The van der Waals surface area contributed by atoms with Crippen LogP contribution in [0.15, 0.2) is 66.3 Å². The zero-order valence-electron chi connectivity index (χ0n) is 25.8. The molecular weight excluding hydrogens is 588 g/mol. The zero-order chi connectivity index (χ0) is 31.4. The Morgan fingerprint density at radius 3 is 2.60 bits per heavy atom. The lowest BCUT2D eigenvalue weighted by Crippen LogP contribution is -2.42. The summed E-state index contributed by atoms with van der Waals surface area (Å²) in [6.45, 7) is 7.64. The van der Waals surface area contributed by atoms with E-state index in [9.17, 15) is 9.59 Å². The maximum absolute atomic E-state index is 13.6. The maximum Gasteiger partial charge on any atom is 0.407 e. The van der Waals surface area contributed by atoms with Gasteiger partial charge in [-0.15, -0.1) is 11.3 Å². The summed E-state index contributed by atoms with van der Waals surface area (Å²) in [7, 11) is 0. The minimum atomic E-state index is -0.554. The van der Waals surface area contributed by atoms with E-state index in [0.29, 0.717) is 23.2 Å². The minimum Gasteiger partial charge on any atom is -0.457 e. The van der Waals surface area contributed by atoms with Crippen LogP contribution in [0.5, 0.6) is 11.5 Å². The van der Waals surface area contributed by atoms with E-state index in [-0.39, 0.29) is 11.8 Å². The fourth-order valence-electron chi connectivity index (χ4n) is 5.59. The zero-order valence-corrected chi connectivity index (χ0v) is 26.6. The highest BCUT2D eigenvalue weighted by atomic mass is 32.1. The van der Waals surface area contributed by atoms with Crippen LogP contribution in [-0.4, -0.2) is 52.4 Å². The van der Waals surface area contributed by atoms with Crippen molar-refractivity contribution in [2.75, 3.05) is 29.9 Å². The van der Waals surface area contributed by atoms with Gasteiger partial charge in [0.2, 0.25) is 0 Å². The fraction of sp³-hybridized carbons (Fsp3) is 0.382. The summed E-state index contributed by atoms with van der Waals surface area (Å²) in [6, 6.07) is 15.5. The predicted octanol–water partition coefficient (Wildman–Crippen LogP) is 7.26. The molecule has 234 valence electrons. The van der Waals surface area contributed by atoms with Gasteiger partial charge in [0.15, 0.2) is 0 Å². The molecule has 1 saturated heterocycles. The number of thiazole rings is 1. The highest BCUT2D eigenvalue weighted by molar-refractivity contribution is 7.13. The molecule has 1 atom stereocenters. The number of nitrogens with one attached hydrogen (secondary N) is 2. The Balaban J connectivity index is 1.29. The minimum absolute atomic E-state index is 0.218. The highest BCUT2D eigenvalue weighted by Crippen LogP contribution is 2.52. The van der Waals surface area contributed by atoms with Gasteiger partial charge in [-0.25, -0.2) is 9.78 Å². The first kappa shape index (κ1) is 30.5. The summed E-state index contributed by atoms with van der Waals surface area (Å²) in [5, 5.41) is 16.4. The molecule has 2 N–H and O–H groups in total. The van der Waals surface area contributed by atoms with E-state index < -0.39 is 11.7 Å². The second kappa shape index (κ2) is 13.2. The molecule has 0 radical (unpaired) electrons. The first-order chi connectivity index (χ1) is 21.7. The summed E-state index contributed by atoms with van der Waals surface area (Å²) >= 11 is 1.39. The number of rotatable bonds is 9. The number of nitrogens with zero attached hydrogens (tertiary/aromatic N) is 4. The van der Waals surface area contributed by atoms with Gasteiger partial charge in [-0.1, -0.05) is 18.2 Å². The number of piperidine rings is 1. The molecule has 1 saturated carbocycles. The van der Waals surface area contributed by atoms with E-state index in [0.717, 1.165) is 72.8 Å². The molecular formula is C34H38N6O4S. The molecule has 4 aromatic rings. The monoisotopic (exact) mass is 626 g/mol. The predicted molar refractivity (Wildman–Crippen MR) is 175 cm³/mol. The average molecular weight is 627 g/mol. The number of benzene rings is 2. The number of hydrogen-bond acceptors (Lipinski definition) is 9. The van der Waals surface area contributed by atoms with Crippen LogP contribution in [0.3, 0.4) is 0 Å². The Bertz CT molecular complexity index is 1640. The third kappa shape index (κ3) is 7.78. The van der Waals surface area contributed by atoms with Crippen LogP contribution in [0, 0.1) is 5.92 Å².